The van der Waals surface area contributed by atoms with E-state index >= 15 is 0 Å². The molecular formula is C17H26N2O3. The molecule has 2 N–H and O–H groups in total. The summed E-state index contributed by atoms with van der Waals surface area (Å²) in [6, 6.07) is 9.66. The molecule has 0 aliphatic carbocycles. The third-order valence-corrected chi connectivity index (χ3v) is 3.36. The second-order valence-electron chi connectivity index (χ2n) is 5.25. The molecule has 0 saturated carbocycles. The van der Waals surface area contributed by atoms with Gasteiger partial charge in [-0.25, -0.2) is 0 Å². The molecule has 1 amide bonds. The highest BCUT2D eigenvalue weighted by atomic mass is 16.5. The van der Waals surface area contributed by atoms with E-state index in [4.69, 9.17) is 4.74 Å². The summed E-state index contributed by atoms with van der Waals surface area (Å²) in [5.74, 6) is -0.352. The summed E-state index contributed by atoms with van der Waals surface area (Å²) < 4.78 is 4.70. The Bertz CT molecular complexity index is 448. The van der Waals surface area contributed by atoms with Crippen molar-refractivity contribution in [3.05, 3.63) is 35.9 Å². The summed E-state index contributed by atoms with van der Waals surface area (Å²) in [5.41, 5.74) is 1.11. The number of unbranched alkanes of at least 4 members (excludes halogenated alkanes) is 1. The first-order valence-electron chi connectivity index (χ1n) is 7.76. The molecule has 1 rings (SSSR count). The summed E-state index contributed by atoms with van der Waals surface area (Å²) in [5, 5.41) is 6.13. The molecule has 122 valence electrons. The third kappa shape index (κ3) is 7.78. The Kier molecular flexibility index (Phi) is 8.91. The van der Waals surface area contributed by atoms with Crippen LogP contribution in [0, 0.1) is 0 Å². The fourth-order valence-electron chi connectivity index (χ4n) is 2.06. The van der Waals surface area contributed by atoms with Crippen molar-refractivity contribution in [1.29, 1.82) is 0 Å². The fraction of sp³-hybridized carbons (Fsp3) is 0.529. The number of rotatable bonds is 10. The van der Waals surface area contributed by atoms with E-state index in [-0.39, 0.29) is 30.8 Å². The molecule has 22 heavy (non-hydrogen) atoms. The van der Waals surface area contributed by atoms with Crippen molar-refractivity contribution < 1.29 is 14.3 Å². The maximum absolute atomic E-state index is 11.9. The van der Waals surface area contributed by atoms with Crippen LogP contribution in [0.25, 0.3) is 0 Å². The second kappa shape index (κ2) is 10.8. The first-order valence-corrected chi connectivity index (χ1v) is 7.76. The molecule has 1 atom stereocenters. The minimum Gasteiger partial charge on any atom is -0.469 e. The van der Waals surface area contributed by atoms with Crippen LogP contribution in [0.3, 0.4) is 0 Å². The number of amides is 1. The van der Waals surface area contributed by atoms with Gasteiger partial charge < -0.3 is 15.4 Å². The number of hydrogen-bond acceptors (Lipinski definition) is 4. The van der Waals surface area contributed by atoms with Crippen LogP contribution < -0.4 is 10.6 Å². The van der Waals surface area contributed by atoms with Gasteiger partial charge in [0.2, 0.25) is 5.91 Å². The molecule has 0 fully saturated rings. The fourth-order valence-corrected chi connectivity index (χ4v) is 2.06. The van der Waals surface area contributed by atoms with Crippen molar-refractivity contribution in [2.75, 3.05) is 13.7 Å². The van der Waals surface area contributed by atoms with E-state index in [0.29, 0.717) is 13.1 Å². The molecular weight excluding hydrogens is 280 g/mol. The van der Waals surface area contributed by atoms with Gasteiger partial charge in [0.05, 0.1) is 13.5 Å². The van der Waals surface area contributed by atoms with Crippen LogP contribution >= 0.6 is 0 Å². The summed E-state index contributed by atoms with van der Waals surface area (Å²) in [6.07, 6.45) is 2.46. The van der Waals surface area contributed by atoms with E-state index in [9.17, 15) is 9.59 Å². The van der Waals surface area contributed by atoms with Crippen molar-refractivity contribution in [2.24, 2.45) is 0 Å². The van der Waals surface area contributed by atoms with E-state index < -0.39 is 0 Å². The SMILES string of the molecule is CCCCNC(=O)C[C@@H](CC(=O)OC)NCc1ccccc1. The van der Waals surface area contributed by atoms with Crippen LogP contribution in [0.1, 0.15) is 38.2 Å². The molecule has 0 aromatic heterocycles. The Labute approximate surface area is 132 Å². The number of methoxy groups -OCH3 is 1. The monoisotopic (exact) mass is 306 g/mol. The molecule has 5 nitrogen and oxygen atoms in total. The smallest absolute Gasteiger partial charge is 0.307 e. The Morgan fingerprint density at radius 3 is 2.55 bits per heavy atom. The minimum absolute atomic E-state index is 0.0390. The van der Waals surface area contributed by atoms with Gasteiger partial charge in [-0.15, -0.1) is 0 Å². The van der Waals surface area contributed by atoms with E-state index in [1.165, 1.54) is 7.11 Å². The quantitative estimate of drug-likeness (QED) is 0.512. The molecule has 5 heteroatoms. The first-order chi connectivity index (χ1) is 10.7. The van der Waals surface area contributed by atoms with Gasteiger partial charge in [0.15, 0.2) is 0 Å². The normalized spacial score (nSPS) is 11.7. The van der Waals surface area contributed by atoms with Crippen LogP contribution in [0.15, 0.2) is 30.3 Å². The summed E-state index contributed by atoms with van der Waals surface area (Å²) >= 11 is 0. The number of carbonyl (C=O) groups excluding carboxylic acids is 2. The van der Waals surface area contributed by atoms with Crippen molar-refractivity contribution >= 4 is 11.9 Å². The van der Waals surface area contributed by atoms with Crippen molar-refractivity contribution in [2.45, 2.75) is 45.2 Å². The van der Waals surface area contributed by atoms with Gasteiger partial charge in [-0.2, -0.15) is 0 Å². The molecule has 0 aliphatic rings. The van der Waals surface area contributed by atoms with Gasteiger partial charge in [0, 0.05) is 25.6 Å². The van der Waals surface area contributed by atoms with Gasteiger partial charge in [-0.3, -0.25) is 9.59 Å². The van der Waals surface area contributed by atoms with Crippen molar-refractivity contribution in [3.63, 3.8) is 0 Å². The van der Waals surface area contributed by atoms with E-state index in [2.05, 4.69) is 17.6 Å². The highest BCUT2D eigenvalue weighted by Gasteiger charge is 2.17. The summed E-state index contributed by atoms with van der Waals surface area (Å²) in [7, 11) is 1.36. The number of nitrogens with one attached hydrogen (secondary N) is 2. The van der Waals surface area contributed by atoms with Crippen LogP contribution in [0.5, 0.6) is 0 Å². The first kappa shape index (κ1) is 18.2. The zero-order chi connectivity index (χ0) is 16.2. The average Bonchev–Trinajstić information content (AvgIpc) is 2.53. The Morgan fingerprint density at radius 1 is 1.18 bits per heavy atom. The summed E-state index contributed by atoms with van der Waals surface area (Å²) in [4.78, 5) is 23.4. The minimum atomic E-state index is -0.313. The number of ether oxygens (including phenoxy) is 1. The van der Waals surface area contributed by atoms with Crippen LogP contribution in [-0.4, -0.2) is 31.6 Å². The Morgan fingerprint density at radius 2 is 1.91 bits per heavy atom. The maximum atomic E-state index is 11.9. The maximum Gasteiger partial charge on any atom is 0.307 e. The molecule has 1 aromatic rings. The Hall–Kier alpha value is -1.88. The number of esters is 1. The van der Waals surface area contributed by atoms with Crippen molar-refractivity contribution in [1.82, 2.24) is 10.6 Å². The number of hydrogen-bond donors (Lipinski definition) is 2. The van der Waals surface area contributed by atoms with E-state index in [1.54, 1.807) is 0 Å². The average molecular weight is 306 g/mol. The lowest BCUT2D eigenvalue weighted by Crippen LogP contribution is -2.37. The lowest BCUT2D eigenvalue weighted by molar-refractivity contribution is -0.141. The zero-order valence-electron chi connectivity index (χ0n) is 13.4. The van der Waals surface area contributed by atoms with E-state index in [0.717, 1.165) is 18.4 Å². The van der Waals surface area contributed by atoms with Crippen LogP contribution in [0.4, 0.5) is 0 Å². The molecule has 0 spiro atoms. The highest BCUT2D eigenvalue weighted by Crippen LogP contribution is 2.04. The van der Waals surface area contributed by atoms with Gasteiger partial charge in [-0.1, -0.05) is 43.7 Å². The lowest BCUT2D eigenvalue weighted by atomic mass is 10.1. The molecule has 0 heterocycles. The van der Waals surface area contributed by atoms with Gasteiger partial charge in [-0.05, 0) is 12.0 Å². The summed E-state index contributed by atoms with van der Waals surface area (Å²) in [6.45, 7) is 3.37. The highest BCUT2D eigenvalue weighted by molar-refractivity contribution is 5.78. The Balaban J connectivity index is 2.48. The van der Waals surface area contributed by atoms with Crippen molar-refractivity contribution in [3.8, 4) is 0 Å². The molecule has 0 radical (unpaired) electrons. The zero-order valence-corrected chi connectivity index (χ0v) is 13.4. The van der Waals surface area contributed by atoms with E-state index in [1.807, 2.05) is 30.3 Å². The van der Waals surface area contributed by atoms with Crippen LogP contribution in [-0.2, 0) is 20.9 Å². The predicted molar refractivity (Wildman–Crippen MR) is 86.2 cm³/mol. The lowest BCUT2D eigenvalue weighted by Gasteiger charge is -2.17. The molecule has 0 saturated heterocycles. The molecule has 0 bridgehead atoms. The number of carbonyl (C=O) groups is 2. The molecule has 0 aliphatic heterocycles. The predicted octanol–water partition coefficient (Wildman–Crippen LogP) is 2.01. The number of benzene rings is 1. The van der Waals surface area contributed by atoms with Gasteiger partial charge >= 0.3 is 5.97 Å². The topological polar surface area (TPSA) is 67.4 Å². The largest absolute Gasteiger partial charge is 0.469 e. The standard InChI is InChI=1S/C17H26N2O3/c1-3-4-10-18-16(20)11-15(12-17(21)22-2)19-13-14-8-6-5-7-9-14/h5-9,15,19H,3-4,10-13H2,1-2H3,(H,18,20)/t15-/m0/s1. The van der Waals surface area contributed by atoms with Crippen LogP contribution in [0.2, 0.25) is 0 Å². The third-order valence-electron chi connectivity index (χ3n) is 3.36. The van der Waals surface area contributed by atoms with Gasteiger partial charge in [0.25, 0.3) is 0 Å². The second-order valence-corrected chi connectivity index (χ2v) is 5.25. The molecule has 0 unspecified atom stereocenters. The molecule has 1 aromatic carbocycles. The van der Waals surface area contributed by atoms with Gasteiger partial charge in [0.1, 0.15) is 0 Å².